The van der Waals surface area contributed by atoms with E-state index >= 15 is 0 Å². The van der Waals surface area contributed by atoms with Crippen molar-refractivity contribution in [2.45, 2.75) is 12.4 Å². The smallest absolute Gasteiger partial charge is 0.212 e. The van der Waals surface area contributed by atoms with Crippen molar-refractivity contribution in [3.8, 4) is 5.88 Å². The fraction of sp³-hybridized carbons (Fsp3) is 0.214. The molecule has 0 saturated carbocycles. The molecule has 0 radical (unpaired) electrons. The maximum atomic E-state index is 5.98. The molecule has 3 aromatic rings. The highest BCUT2D eigenvalue weighted by Gasteiger charge is 2.12. The van der Waals surface area contributed by atoms with Crippen LogP contribution in [0.25, 0.3) is 11.2 Å². The Bertz CT molecular complexity index is 770. The molecule has 0 atom stereocenters. The van der Waals surface area contributed by atoms with E-state index in [-0.39, 0.29) is 0 Å². The first-order chi connectivity index (χ1) is 10.2. The van der Waals surface area contributed by atoms with Crippen LogP contribution < -0.4 is 4.74 Å². The molecule has 5 nitrogen and oxygen atoms in total. The minimum Gasteiger partial charge on any atom is -0.481 e. The second-order valence-electron chi connectivity index (χ2n) is 4.45. The van der Waals surface area contributed by atoms with Crippen LogP contribution in [0.1, 0.15) is 11.4 Å². The molecular formula is C14H12Cl2N4O. The summed E-state index contributed by atoms with van der Waals surface area (Å²) >= 11 is 11.9. The normalized spacial score (nSPS) is 11.0. The maximum Gasteiger partial charge on any atom is 0.212 e. The van der Waals surface area contributed by atoms with E-state index in [9.17, 15) is 0 Å². The van der Waals surface area contributed by atoms with Crippen molar-refractivity contribution >= 4 is 34.4 Å². The van der Waals surface area contributed by atoms with Crippen molar-refractivity contribution < 1.29 is 4.74 Å². The van der Waals surface area contributed by atoms with Crippen molar-refractivity contribution in [1.82, 2.24) is 19.5 Å². The number of rotatable bonds is 4. The number of halogens is 2. The lowest BCUT2D eigenvalue weighted by Gasteiger charge is -2.07. The third-order valence-electron chi connectivity index (χ3n) is 3.10. The number of methoxy groups -OCH3 is 1. The molecule has 3 heterocycles. The molecule has 0 aliphatic carbocycles. The van der Waals surface area contributed by atoms with Crippen molar-refractivity contribution in [3.63, 3.8) is 0 Å². The number of alkyl halides is 1. The van der Waals surface area contributed by atoms with Crippen molar-refractivity contribution in [1.29, 1.82) is 0 Å². The van der Waals surface area contributed by atoms with E-state index in [1.54, 1.807) is 25.6 Å². The second-order valence-corrected chi connectivity index (χ2v) is 5.16. The summed E-state index contributed by atoms with van der Waals surface area (Å²) in [6.07, 6.45) is 3.37. The predicted molar refractivity (Wildman–Crippen MR) is 82.0 cm³/mol. The first-order valence-electron chi connectivity index (χ1n) is 6.27. The van der Waals surface area contributed by atoms with Gasteiger partial charge in [-0.15, -0.1) is 11.6 Å². The summed E-state index contributed by atoms with van der Waals surface area (Å²) < 4.78 is 7.01. The van der Waals surface area contributed by atoms with Crippen LogP contribution in [0.3, 0.4) is 0 Å². The Morgan fingerprint density at radius 3 is 2.76 bits per heavy atom. The number of fused-ring (bicyclic) bond motifs is 1. The third kappa shape index (κ3) is 2.80. The second kappa shape index (κ2) is 5.87. The molecular weight excluding hydrogens is 311 g/mol. The van der Waals surface area contributed by atoms with Crippen molar-refractivity contribution in [3.05, 3.63) is 47.0 Å². The number of nitrogens with zero attached hydrogens (tertiary/aromatic N) is 4. The molecule has 0 saturated heterocycles. The van der Waals surface area contributed by atoms with Crippen LogP contribution >= 0.6 is 23.2 Å². The molecule has 0 aliphatic rings. The van der Waals surface area contributed by atoms with Crippen LogP contribution in [0, 0.1) is 0 Å². The molecule has 0 bridgehead atoms. The van der Waals surface area contributed by atoms with Gasteiger partial charge in [-0.05, 0) is 11.6 Å². The van der Waals surface area contributed by atoms with E-state index in [4.69, 9.17) is 27.9 Å². The summed E-state index contributed by atoms with van der Waals surface area (Å²) in [6, 6.07) is 5.55. The highest BCUT2D eigenvalue weighted by atomic mass is 35.5. The molecule has 3 rings (SSSR count). The highest BCUT2D eigenvalue weighted by molar-refractivity contribution is 6.31. The molecule has 0 spiro atoms. The largest absolute Gasteiger partial charge is 0.481 e. The molecule has 108 valence electrons. The molecule has 0 amide bonds. The van der Waals surface area contributed by atoms with Crippen LogP contribution in [0.4, 0.5) is 0 Å². The van der Waals surface area contributed by atoms with Gasteiger partial charge in [0.1, 0.15) is 11.3 Å². The van der Waals surface area contributed by atoms with E-state index in [1.165, 1.54) is 0 Å². The van der Waals surface area contributed by atoms with E-state index in [1.807, 2.05) is 16.7 Å². The van der Waals surface area contributed by atoms with Crippen LogP contribution in [0.15, 0.2) is 30.6 Å². The maximum absolute atomic E-state index is 5.98. The van der Waals surface area contributed by atoms with Gasteiger partial charge in [0.05, 0.1) is 24.6 Å². The zero-order valence-corrected chi connectivity index (χ0v) is 12.8. The van der Waals surface area contributed by atoms with Crippen LogP contribution in [-0.4, -0.2) is 26.6 Å². The number of hydrogen-bond acceptors (Lipinski definition) is 4. The fourth-order valence-electron chi connectivity index (χ4n) is 2.11. The summed E-state index contributed by atoms with van der Waals surface area (Å²) in [7, 11) is 1.59. The van der Waals surface area contributed by atoms with Gasteiger partial charge in [0.25, 0.3) is 0 Å². The topological polar surface area (TPSA) is 52.8 Å². The molecule has 0 fully saturated rings. The highest BCUT2D eigenvalue weighted by Crippen LogP contribution is 2.20. The van der Waals surface area contributed by atoms with Gasteiger partial charge in [0.15, 0.2) is 5.65 Å². The number of hydrogen-bond donors (Lipinski definition) is 0. The van der Waals surface area contributed by atoms with Gasteiger partial charge in [-0.25, -0.2) is 15.0 Å². The Labute approximate surface area is 131 Å². The monoisotopic (exact) mass is 322 g/mol. The summed E-state index contributed by atoms with van der Waals surface area (Å²) in [6.45, 7) is 0.587. The van der Waals surface area contributed by atoms with Gasteiger partial charge in [-0.2, -0.15) is 0 Å². The number of aromatic nitrogens is 4. The Hall–Kier alpha value is -1.85. The van der Waals surface area contributed by atoms with E-state index in [0.29, 0.717) is 23.3 Å². The Balaban J connectivity index is 2.01. The third-order valence-corrected chi connectivity index (χ3v) is 3.54. The van der Waals surface area contributed by atoms with Gasteiger partial charge >= 0.3 is 0 Å². The molecule has 0 aliphatic heterocycles. The van der Waals surface area contributed by atoms with Gasteiger partial charge in [-0.3, -0.25) is 0 Å². The lowest BCUT2D eigenvalue weighted by atomic mass is 10.3. The lowest BCUT2D eigenvalue weighted by molar-refractivity contribution is 0.397. The SMILES string of the molecule is COc1ccc(Cn2c(CCl)nc3cc(Cl)cnc32)cn1. The average molecular weight is 323 g/mol. The molecule has 0 unspecified atom stereocenters. The first-order valence-corrected chi connectivity index (χ1v) is 7.18. The minimum absolute atomic E-state index is 0.303. The first kappa shape index (κ1) is 14.1. The number of imidazole rings is 1. The average Bonchev–Trinajstić information content (AvgIpc) is 2.85. The molecule has 21 heavy (non-hydrogen) atoms. The summed E-state index contributed by atoms with van der Waals surface area (Å²) in [4.78, 5) is 13.0. The summed E-state index contributed by atoms with van der Waals surface area (Å²) in [5.41, 5.74) is 2.50. The molecule has 0 N–H and O–H groups in total. The lowest BCUT2D eigenvalue weighted by Crippen LogP contribution is -2.05. The van der Waals surface area contributed by atoms with Crippen LogP contribution in [0.2, 0.25) is 5.02 Å². The Kier molecular flexibility index (Phi) is 3.94. The Morgan fingerprint density at radius 1 is 1.24 bits per heavy atom. The predicted octanol–water partition coefficient (Wildman–Crippen LogP) is 3.28. The van der Waals surface area contributed by atoms with Crippen LogP contribution in [0.5, 0.6) is 5.88 Å². The van der Waals surface area contributed by atoms with Gasteiger partial charge in [-0.1, -0.05) is 17.7 Å². The molecule has 3 aromatic heterocycles. The minimum atomic E-state index is 0.303. The number of ether oxygens (including phenoxy) is 1. The summed E-state index contributed by atoms with van der Waals surface area (Å²) in [5.74, 6) is 1.63. The van der Waals surface area contributed by atoms with Crippen molar-refractivity contribution in [2.75, 3.05) is 7.11 Å². The molecule has 0 aromatic carbocycles. The molecule has 7 heteroatoms. The fourth-order valence-corrected chi connectivity index (χ4v) is 2.47. The van der Waals surface area contributed by atoms with E-state index in [0.717, 1.165) is 22.6 Å². The van der Waals surface area contributed by atoms with Gasteiger partial charge in [0.2, 0.25) is 5.88 Å². The zero-order chi connectivity index (χ0) is 14.8. The van der Waals surface area contributed by atoms with Crippen molar-refractivity contribution in [2.24, 2.45) is 0 Å². The Morgan fingerprint density at radius 2 is 2.10 bits per heavy atom. The van der Waals surface area contributed by atoms with Crippen LogP contribution in [-0.2, 0) is 12.4 Å². The number of pyridine rings is 2. The van der Waals surface area contributed by atoms with Gasteiger partial charge < -0.3 is 9.30 Å². The standard InChI is InChI=1S/C14H12Cl2N4O/c1-21-13-3-2-9(6-17-13)8-20-12(5-15)19-11-4-10(16)7-18-14(11)20/h2-4,6-7H,5,8H2,1H3. The van der Waals surface area contributed by atoms with Gasteiger partial charge in [0, 0.05) is 18.5 Å². The zero-order valence-electron chi connectivity index (χ0n) is 11.3. The quantitative estimate of drug-likeness (QED) is 0.692. The summed E-state index contributed by atoms with van der Waals surface area (Å²) in [5, 5.41) is 0.555. The van der Waals surface area contributed by atoms with E-state index in [2.05, 4.69) is 15.0 Å². The van der Waals surface area contributed by atoms with E-state index < -0.39 is 0 Å².